The molecule has 0 aromatic heterocycles. The number of nitrogens with zero attached hydrogens (tertiary/aromatic N) is 1. The zero-order valence-corrected chi connectivity index (χ0v) is 17.9. The van der Waals surface area contributed by atoms with Crippen molar-refractivity contribution < 1.29 is 32.7 Å². The number of carbonyl (C=O) groups is 4. The molecule has 0 saturated heterocycles. The highest BCUT2D eigenvalue weighted by molar-refractivity contribution is 7.91. The van der Waals surface area contributed by atoms with Crippen molar-refractivity contribution in [3.63, 3.8) is 0 Å². The summed E-state index contributed by atoms with van der Waals surface area (Å²) >= 11 is 0. The highest BCUT2D eigenvalue weighted by Gasteiger charge is 2.43. The van der Waals surface area contributed by atoms with Crippen LogP contribution in [0.25, 0.3) is 0 Å². The molecule has 3 amide bonds. The van der Waals surface area contributed by atoms with Crippen LogP contribution >= 0.6 is 0 Å². The molecule has 0 fully saturated rings. The highest BCUT2D eigenvalue weighted by Crippen LogP contribution is 2.27. The van der Waals surface area contributed by atoms with E-state index in [1.807, 2.05) is 0 Å². The summed E-state index contributed by atoms with van der Waals surface area (Å²) in [6.07, 6.45) is -0.176. The molecule has 2 rings (SSSR count). The lowest BCUT2D eigenvalue weighted by Crippen LogP contribution is -2.54. The van der Waals surface area contributed by atoms with Gasteiger partial charge in [0, 0.05) is 5.75 Å². The summed E-state index contributed by atoms with van der Waals surface area (Å²) in [5, 5.41) is 11.7. The molecule has 10 heteroatoms. The zero-order valence-electron chi connectivity index (χ0n) is 17.1. The number of fused-ring (bicyclic) bond motifs is 1. The van der Waals surface area contributed by atoms with Gasteiger partial charge in [-0.3, -0.25) is 19.3 Å². The summed E-state index contributed by atoms with van der Waals surface area (Å²) in [6.45, 7) is 5.06. The molecular weight excluding hydrogens is 412 g/mol. The summed E-state index contributed by atoms with van der Waals surface area (Å²) < 4.78 is 23.4. The molecule has 2 atom stereocenters. The number of carbonyl (C=O) groups excluding carboxylic acids is 3. The van der Waals surface area contributed by atoms with Gasteiger partial charge >= 0.3 is 5.97 Å². The molecule has 2 N–H and O–H groups in total. The SMILES string of the molecule is CCS(=O)(=O)CCC(NC(=O)C(CC(C)C)N1C(=O)c2ccccc2C1=O)C(=O)O. The Bertz CT molecular complexity index is 921. The van der Waals surface area contributed by atoms with Gasteiger partial charge in [-0.2, -0.15) is 0 Å². The van der Waals surface area contributed by atoms with Crippen molar-refractivity contribution in [1.29, 1.82) is 0 Å². The molecule has 1 aromatic carbocycles. The average molecular weight is 439 g/mol. The van der Waals surface area contributed by atoms with E-state index in [9.17, 15) is 32.7 Å². The summed E-state index contributed by atoms with van der Waals surface area (Å²) in [4.78, 5) is 50.9. The lowest BCUT2D eigenvalue weighted by molar-refractivity contribution is -0.142. The molecule has 0 bridgehead atoms. The number of imide groups is 1. The molecule has 1 aliphatic heterocycles. The van der Waals surface area contributed by atoms with Gasteiger partial charge in [-0.25, -0.2) is 13.2 Å². The fraction of sp³-hybridized carbons (Fsp3) is 0.500. The van der Waals surface area contributed by atoms with Gasteiger partial charge < -0.3 is 10.4 Å². The third-order valence-corrected chi connectivity index (χ3v) is 6.64. The number of amides is 3. The van der Waals surface area contributed by atoms with Crippen molar-refractivity contribution in [2.45, 2.75) is 45.7 Å². The number of rotatable bonds is 10. The normalized spacial score (nSPS) is 15.8. The van der Waals surface area contributed by atoms with Crippen molar-refractivity contribution in [3.8, 4) is 0 Å². The lowest BCUT2D eigenvalue weighted by Gasteiger charge is -2.28. The van der Waals surface area contributed by atoms with Crippen LogP contribution in [-0.2, 0) is 19.4 Å². The maximum Gasteiger partial charge on any atom is 0.326 e. The Kier molecular flexibility index (Phi) is 7.35. The number of carboxylic acid groups (broad SMARTS) is 1. The number of aliphatic carboxylic acids is 1. The van der Waals surface area contributed by atoms with Crippen molar-refractivity contribution in [3.05, 3.63) is 35.4 Å². The van der Waals surface area contributed by atoms with Gasteiger partial charge in [0.05, 0.1) is 16.9 Å². The van der Waals surface area contributed by atoms with Crippen molar-refractivity contribution in [2.24, 2.45) is 5.92 Å². The summed E-state index contributed by atoms with van der Waals surface area (Å²) in [5.74, 6) is -4.04. The van der Waals surface area contributed by atoms with E-state index in [4.69, 9.17) is 0 Å². The minimum Gasteiger partial charge on any atom is -0.480 e. The number of hydrogen-bond donors (Lipinski definition) is 2. The molecule has 1 heterocycles. The van der Waals surface area contributed by atoms with E-state index in [-0.39, 0.29) is 35.6 Å². The van der Waals surface area contributed by atoms with Gasteiger partial charge in [0.25, 0.3) is 11.8 Å². The molecular formula is C20H26N2O7S. The molecule has 0 spiro atoms. The molecule has 30 heavy (non-hydrogen) atoms. The van der Waals surface area contributed by atoms with Crippen LogP contribution in [0.2, 0.25) is 0 Å². The molecule has 1 aromatic rings. The molecule has 9 nitrogen and oxygen atoms in total. The Balaban J connectivity index is 2.26. The fourth-order valence-corrected chi connectivity index (χ4v) is 4.12. The standard InChI is InChI=1S/C20H26N2O7S/c1-4-30(28,29)10-9-15(20(26)27)21-17(23)16(11-12(2)3)22-18(24)13-7-5-6-8-14(13)19(22)25/h5-8,12,15-16H,4,9-11H2,1-3H3,(H,21,23)(H,26,27). The lowest BCUT2D eigenvalue weighted by atomic mass is 10.0. The molecule has 164 valence electrons. The Morgan fingerprint density at radius 3 is 2.07 bits per heavy atom. The van der Waals surface area contributed by atoms with Crippen LogP contribution in [0, 0.1) is 5.92 Å². The van der Waals surface area contributed by atoms with E-state index in [1.165, 1.54) is 19.1 Å². The first-order valence-corrected chi connectivity index (χ1v) is 11.5. The fourth-order valence-electron chi connectivity index (χ4n) is 3.23. The zero-order chi connectivity index (χ0) is 22.6. The quantitative estimate of drug-likeness (QED) is 0.522. The van der Waals surface area contributed by atoms with Crippen molar-refractivity contribution in [2.75, 3.05) is 11.5 Å². The molecule has 0 radical (unpaired) electrons. The molecule has 0 aliphatic carbocycles. The topological polar surface area (TPSA) is 138 Å². The van der Waals surface area contributed by atoms with Crippen LogP contribution in [0.1, 0.15) is 54.3 Å². The Morgan fingerprint density at radius 1 is 1.10 bits per heavy atom. The largest absolute Gasteiger partial charge is 0.480 e. The van der Waals surface area contributed by atoms with Gasteiger partial charge in [0.15, 0.2) is 0 Å². The summed E-state index contributed by atoms with van der Waals surface area (Å²) in [6, 6.07) is 3.55. The summed E-state index contributed by atoms with van der Waals surface area (Å²) in [5.41, 5.74) is 0.376. The smallest absolute Gasteiger partial charge is 0.326 e. The second-order valence-electron chi connectivity index (χ2n) is 7.60. The second kappa shape index (κ2) is 9.38. The number of carboxylic acids is 1. The maximum absolute atomic E-state index is 12.9. The number of sulfone groups is 1. The number of nitrogens with one attached hydrogen (secondary N) is 1. The Labute approximate surface area is 175 Å². The van der Waals surface area contributed by atoms with Gasteiger partial charge in [-0.1, -0.05) is 32.9 Å². The van der Waals surface area contributed by atoms with Gasteiger partial charge in [0.1, 0.15) is 21.9 Å². The minimum absolute atomic E-state index is 0.0752. The van der Waals surface area contributed by atoms with E-state index in [1.54, 1.807) is 26.0 Å². The van der Waals surface area contributed by atoms with Crippen molar-refractivity contribution in [1.82, 2.24) is 10.2 Å². The monoisotopic (exact) mass is 438 g/mol. The van der Waals surface area contributed by atoms with Gasteiger partial charge in [-0.05, 0) is 30.9 Å². The van der Waals surface area contributed by atoms with Crippen LogP contribution in [0.5, 0.6) is 0 Å². The predicted molar refractivity (Wildman–Crippen MR) is 109 cm³/mol. The maximum atomic E-state index is 12.9. The Morgan fingerprint density at radius 2 is 1.63 bits per heavy atom. The van der Waals surface area contributed by atoms with E-state index in [0.29, 0.717) is 0 Å². The van der Waals surface area contributed by atoms with Crippen LogP contribution in [0.4, 0.5) is 0 Å². The van der Waals surface area contributed by atoms with E-state index < -0.39 is 51.4 Å². The van der Waals surface area contributed by atoms with Gasteiger partial charge in [0.2, 0.25) is 5.91 Å². The van der Waals surface area contributed by atoms with Crippen LogP contribution in [0.15, 0.2) is 24.3 Å². The summed E-state index contributed by atoms with van der Waals surface area (Å²) in [7, 11) is -3.43. The minimum atomic E-state index is -3.43. The van der Waals surface area contributed by atoms with Crippen LogP contribution in [-0.4, -0.2) is 65.7 Å². The van der Waals surface area contributed by atoms with Crippen LogP contribution in [0.3, 0.4) is 0 Å². The number of benzene rings is 1. The second-order valence-corrected chi connectivity index (χ2v) is 10.1. The van der Waals surface area contributed by atoms with Crippen molar-refractivity contribution >= 4 is 33.5 Å². The van der Waals surface area contributed by atoms with Gasteiger partial charge in [-0.15, -0.1) is 0 Å². The van der Waals surface area contributed by atoms with Crippen LogP contribution < -0.4 is 5.32 Å². The third kappa shape index (κ3) is 5.24. The average Bonchev–Trinajstić information content (AvgIpc) is 2.93. The number of hydrogen-bond acceptors (Lipinski definition) is 6. The van der Waals surface area contributed by atoms with E-state index in [2.05, 4.69) is 5.32 Å². The first-order valence-electron chi connectivity index (χ1n) is 9.69. The van der Waals surface area contributed by atoms with E-state index in [0.717, 1.165) is 4.90 Å². The first-order chi connectivity index (χ1) is 14.0. The molecule has 1 aliphatic rings. The highest BCUT2D eigenvalue weighted by atomic mass is 32.2. The van der Waals surface area contributed by atoms with E-state index >= 15 is 0 Å². The predicted octanol–water partition coefficient (Wildman–Crippen LogP) is 1.09. The molecule has 0 saturated carbocycles. The first kappa shape index (κ1) is 23.5. The third-order valence-electron chi connectivity index (χ3n) is 4.91. The molecule has 2 unspecified atom stereocenters. The Hall–Kier alpha value is -2.75.